The molecule has 252 valence electrons. The average molecular weight is 698 g/mol. The largest absolute Gasteiger partial charge is 0.472 e. The number of phosphoric acid groups is 2. The fourth-order valence-electron chi connectivity index (χ4n) is 7.04. The number of anilines is 2. The van der Waals surface area contributed by atoms with Crippen molar-refractivity contribution in [2.24, 2.45) is 11.3 Å². The number of imidazole rings is 2. The zero-order chi connectivity index (χ0) is 33.0. The molecule has 4 bridgehead atoms. The fraction of sp³-hybridized carbons (Fsp3) is 0.565. The Balaban J connectivity index is 1.17. The first-order valence-electron chi connectivity index (χ1n) is 14.2. The summed E-state index contributed by atoms with van der Waals surface area (Å²) in [6, 6.07) is -0.845. The van der Waals surface area contributed by atoms with Gasteiger partial charge in [0.1, 0.15) is 36.3 Å². The second kappa shape index (κ2) is 10.5. The number of H-pyrrole nitrogens is 1. The van der Waals surface area contributed by atoms with Crippen LogP contribution in [0, 0.1) is 11.3 Å². The van der Waals surface area contributed by atoms with E-state index in [1.165, 1.54) is 30.7 Å². The lowest BCUT2D eigenvalue weighted by atomic mass is 10.0. The molecule has 11 atom stereocenters. The second-order valence-electron chi connectivity index (χ2n) is 11.7. The molecule has 4 fully saturated rings. The minimum Gasteiger partial charge on any atom is -0.390 e. The van der Waals surface area contributed by atoms with E-state index in [0.717, 1.165) is 0 Å². The molecule has 4 aliphatic rings. The number of aliphatic hydroxyl groups is 1. The molecule has 0 radical (unpaired) electrons. The van der Waals surface area contributed by atoms with Gasteiger partial charge in [0.2, 0.25) is 5.95 Å². The number of fused-ring (bicyclic) bond motifs is 5. The Hall–Kier alpha value is -3.40. The van der Waals surface area contributed by atoms with Gasteiger partial charge in [0.25, 0.3) is 5.56 Å². The summed E-state index contributed by atoms with van der Waals surface area (Å²) < 4.78 is 63.5. The second-order valence-corrected chi connectivity index (χ2v) is 14.6. The molecule has 2 saturated carbocycles. The Bertz CT molecular complexity index is 2060. The molecule has 0 amide bonds. The molecule has 4 aromatic rings. The standard InChI is InChI=1S/C23H28N10O12P2/c1-40-13-9-3-41-46(36,37)44-14-12(32-6-28-10-17(24)26-5-27-18(10)32)8-2-23(8,16(14)34)4-42-47(38,39)45-15(13)21(43-9)33-7-29-11-19(33)30-22(25)31-20(11)35/h5-9,12-16,21,34H,2-4H2,1H3,(H,36,37)(H,38,39)(H2,24,26,27)(H3,25,30,31,35)/t8-,9-,12-,13-,14+,15-,16+,21-,23+/m1/s1. The number of aromatic nitrogens is 8. The number of methoxy groups -OCH3 is 1. The highest BCUT2D eigenvalue weighted by atomic mass is 31.2. The van der Waals surface area contributed by atoms with Gasteiger partial charge in [0.15, 0.2) is 28.9 Å². The van der Waals surface area contributed by atoms with Crippen molar-refractivity contribution < 1.29 is 51.6 Å². The Kier molecular flexibility index (Phi) is 6.94. The van der Waals surface area contributed by atoms with Gasteiger partial charge in [-0.25, -0.2) is 29.1 Å². The van der Waals surface area contributed by atoms with Crippen LogP contribution in [0.5, 0.6) is 0 Å². The van der Waals surface area contributed by atoms with Gasteiger partial charge in [-0.1, -0.05) is 0 Å². The van der Waals surface area contributed by atoms with Crippen molar-refractivity contribution in [1.82, 2.24) is 39.0 Å². The first kappa shape index (κ1) is 30.9. The van der Waals surface area contributed by atoms with E-state index >= 15 is 0 Å². The Labute approximate surface area is 262 Å². The summed E-state index contributed by atoms with van der Waals surface area (Å²) in [5, 5.41) is 11.5. The smallest absolute Gasteiger partial charge is 0.390 e. The molecule has 6 heterocycles. The molecule has 24 heteroatoms. The van der Waals surface area contributed by atoms with Crippen LogP contribution in [-0.4, -0.2) is 105 Å². The first-order chi connectivity index (χ1) is 22.3. The van der Waals surface area contributed by atoms with E-state index in [9.17, 15) is 28.8 Å². The normalized spacial score (nSPS) is 40.4. The van der Waals surface area contributed by atoms with Crippen LogP contribution in [0.1, 0.15) is 18.7 Å². The first-order valence-corrected chi connectivity index (χ1v) is 17.1. The van der Waals surface area contributed by atoms with Gasteiger partial charge >= 0.3 is 15.6 Å². The van der Waals surface area contributed by atoms with Crippen molar-refractivity contribution in [3.63, 3.8) is 0 Å². The number of hydrogen-bond donors (Lipinski definition) is 6. The Morgan fingerprint density at radius 3 is 2.53 bits per heavy atom. The van der Waals surface area contributed by atoms with E-state index in [1.54, 1.807) is 4.57 Å². The minimum atomic E-state index is -4.96. The van der Waals surface area contributed by atoms with Crippen molar-refractivity contribution in [2.75, 3.05) is 31.8 Å². The third-order valence-corrected chi connectivity index (χ3v) is 11.2. The van der Waals surface area contributed by atoms with Gasteiger partial charge in [-0.15, -0.1) is 0 Å². The summed E-state index contributed by atoms with van der Waals surface area (Å²) in [4.78, 5) is 57.2. The molecular formula is C23H28N10O12P2. The van der Waals surface area contributed by atoms with Crippen LogP contribution in [0.2, 0.25) is 0 Å². The van der Waals surface area contributed by atoms with E-state index in [1.807, 2.05) is 0 Å². The molecule has 1 spiro atoms. The number of nitrogens with two attached hydrogens (primary N) is 2. The lowest BCUT2D eigenvalue weighted by Crippen LogP contribution is -2.39. The molecule has 8 rings (SSSR count). The van der Waals surface area contributed by atoms with Crippen LogP contribution in [0.15, 0.2) is 23.8 Å². The van der Waals surface area contributed by atoms with Crippen molar-refractivity contribution >= 4 is 49.7 Å². The third-order valence-electron chi connectivity index (χ3n) is 9.23. The van der Waals surface area contributed by atoms with Crippen LogP contribution < -0.4 is 17.0 Å². The molecule has 2 saturated heterocycles. The summed E-state index contributed by atoms with van der Waals surface area (Å²) in [5.74, 6) is -0.633. The summed E-state index contributed by atoms with van der Waals surface area (Å²) in [7, 11) is -8.66. The molecule has 0 aromatic carbocycles. The molecule has 2 unspecified atom stereocenters. The van der Waals surface area contributed by atoms with Crippen LogP contribution >= 0.6 is 15.6 Å². The highest BCUT2D eigenvalue weighted by molar-refractivity contribution is 7.47. The molecular weight excluding hydrogens is 670 g/mol. The van der Waals surface area contributed by atoms with Crippen molar-refractivity contribution in [1.29, 1.82) is 0 Å². The summed E-state index contributed by atoms with van der Waals surface area (Å²) >= 11 is 0. The van der Waals surface area contributed by atoms with Crippen molar-refractivity contribution in [2.45, 2.75) is 49.2 Å². The zero-order valence-corrected chi connectivity index (χ0v) is 26.0. The number of nitrogen functional groups attached to an aromatic ring is 2. The van der Waals surface area contributed by atoms with Gasteiger partial charge in [-0.2, -0.15) is 4.98 Å². The number of nitrogens with zero attached hydrogens (tertiary/aromatic N) is 7. The van der Waals surface area contributed by atoms with Crippen LogP contribution in [0.25, 0.3) is 22.3 Å². The van der Waals surface area contributed by atoms with Gasteiger partial charge in [-0.3, -0.25) is 32.4 Å². The lowest BCUT2D eigenvalue weighted by molar-refractivity contribution is -0.0619. The number of hydrogen-bond acceptors (Lipinski definition) is 17. The maximum atomic E-state index is 13.5. The van der Waals surface area contributed by atoms with Gasteiger partial charge in [-0.05, 0) is 12.3 Å². The molecule has 4 aromatic heterocycles. The summed E-state index contributed by atoms with van der Waals surface area (Å²) in [6.07, 6.45) is -4.01. The number of rotatable bonds is 3. The van der Waals surface area contributed by atoms with Gasteiger partial charge in [0.05, 0.1) is 38.0 Å². The van der Waals surface area contributed by atoms with E-state index in [-0.39, 0.29) is 40.5 Å². The highest BCUT2D eigenvalue weighted by Crippen LogP contribution is 2.71. The number of aliphatic hydroxyl groups excluding tert-OH is 1. The number of nitrogens with one attached hydrogen (secondary N) is 1. The molecule has 22 nitrogen and oxygen atoms in total. The summed E-state index contributed by atoms with van der Waals surface area (Å²) in [5.41, 5.74) is 10.2. The average Bonchev–Trinajstić information content (AvgIpc) is 3.29. The maximum Gasteiger partial charge on any atom is 0.472 e. The number of aromatic amines is 1. The van der Waals surface area contributed by atoms with Crippen molar-refractivity contribution in [3.8, 4) is 0 Å². The summed E-state index contributed by atoms with van der Waals surface area (Å²) in [6.45, 7) is -1.16. The Morgan fingerprint density at radius 1 is 1.02 bits per heavy atom. The van der Waals surface area contributed by atoms with E-state index in [0.29, 0.717) is 0 Å². The van der Waals surface area contributed by atoms with Crippen molar-refractivity contribution in [3.05, 3.63) is 29.3 Å². The quantitative estimate of drug-likeness (QED) is 0.139. The van der Waals surface area contributed by atoms with E-state index < -0.39 is 88.5 Å². The van der Waals surface area contributed by atoms with Gasteiger partial charge in [0, 0.05) is 12.5 Å². The SMILES string of the molecule is CO[C@H]1[C@H]2OP(=O)(O)OC[C@@]34C[C@@H]3[C@@H](n3cnc5c(N)ncnc53)[C@H](OP(=O)(O)OC[C@H]1O[C@H]2n1cnc2c(=O)[nH]c(N)nc21)[C@@H]4O. The fourth-order valence-corrected chi connectivity index (χ4v) is 8.98. The van der Waals surface area contributed by atoms with E-state index in [2.05, 4.69) is 29.9 Å². The highest BCUT2D eigenvalue weighted by Gasteiger charge is 2.73. The lowest BCUT2D eigenvalue weighted by Gasteiger charge is -2.31. The predicted octanol–water partition coefficient (Wildman–Crippen LogP) is -1.02. The van der Waals surface area contributed by atoms with E-state index in [4.69, 9.17) is 39.0 Å². The number of ether oxygens (including phenoxy) is 2. The molecule has 47 heavy (non-hydrogen) atoms. The number of phosphoric ester groups is 2. The van der Waals surface area contributed by atoms with Crippen LogP contribution in [-0.2, 0) is 36.7 Å². The van der Waals surface area contributed by atoms with Gasteiger partial charge < -0.3 is 40.4 Å². The molecule has 2 aliphatic carbocycles. The minimum absolute atomic E-state index is 0.0470. The zero-order valence-electron chi connectivity index (χ0n) is 24.2. The topological polar surface area (TPSA) is 309 Å². The molecule has 8 N–H and O–H groups in total. The predicted molar refractivity (Wildman–Crippen MR) is 154 cm³/mol. The third kappa shape index (κ3) is 4.83. The Morgan fingerprint density at radius 2 is 1.74 bits per heavy atom. The van der Waals surface area contributed by atoms with Crippen LogP contribution in [0.4, 0.5) is 11.8 Å². The monoisotopic (exact) mass is 698 g/mol. The maximum absolute atomic E-state index is 13.5. The van der Waals surface area contributed by atoms with Crippen LogP contribution in [0.3, 0.4) is 0 Å². The molecule has 2 aliphatic heterocycles.